The lowest BCUT2D eigenvalue weighted by molar-refractivity contribution is -0.169. The number of unbranched alkanes of at least 4 members (excludes halogenated alkanes) is 1. The fourth-order valence-corrected chi connectivity index (χ4v) is 6.01. The van der Waals surface area contributed by atoms with Crippen molar-refractivity contribution in [1.82, 2.24) is 4.90 Å². The van der Waals surface area contributed by atoms with Crippen molar-refractivity contribution in [3.8, 4) is 5.75 Å². The summed E-state index contributed by atoms with van der Waals surface area (Å²) in [6, 6.07) is 3.83. The van der Waals surface area contributed by atoms with E-state index < -0.39 is 70.1 Å². The third-order valence-corrected chi connectivity index (χ3v) is 7.73. The van der Waals surface area contributed by atoms with E-state index >= 15 is 0 Å². The van der Waals surface area contributed by atoms with Crippen molar-refractivity contribution in [3.05, 3.63) is 46.2 Å². The number of nitrogens with zero attached hydrogens (tertiary/aromatic N) is 1. The summed E-state index contributed by atoms with van der Waals surface area (Å²) in [6.45, 7) is 4.16. The zero-order chi connectivity index (χ0) is 26.7. The summed E-state index contributed by atoms with van der Waals surface area (Å²) in [6.07, 6.45) is 0.108. The number of carbonyl (C=O) groups excluding carboxylic acids is 3. The number of hydrogen-bond donors (Lipinski definition) is 5. The molecule has 1 aromatic carbocycles. The number of fused-ring (bicyclic) bond motifs is 3. The van der Waals surface area contributed by atoms with Gasteiger partial charge in [-0.2, -0.15) is 0 Å². The highest BCUT2D eigenvalue weighted by Gasteiger charge is 2.68. The lowest BCUT2D eigenvalue weighted by Gasteiger charge is -2.53. The van der Waals surface area contributed by atoms with Crippen LogP contribution in [-0.4, -0.2) is 81.2 Å². The molecule has 3 aliphatic rings. The zero-order valence-corrected chi connectivity index (χ0v) is 20.7. The highest BCUT2D eigenvalue weighted by atomic mass is 16.5. The molecular formula is C26H32N2O8. The molecule has 194 valence electrons. The highest BCUT2D eigenvalue weighted by Crippen LogP contribution is 2.56. The largest absolute Gasteiger partial charge is 0.508 e. The molecule has 3 aliphatic carbocycles. The average Bonchev–Trinajstić information content (AvgIpc) is 2.81. The van der Waals surface area contributed by atoms with Gasteiger partial charge in [0.05, 0.1) is 30.2 Å². The molecule has 0 radical (unpaired) electrons. The van der Waals surface area contributed by atoms with Crippen molar-refractivity contribution in [2.45, 2.75) is 50.4 Å². The minimum Gasteiger partial charge on any atom is -0.508 e. The number of nitrogens with two attached hydrogens (primary N) is 1. The second-order valence-electron chi connectivity index (χ2n) is 9.97. The average molecular weight is 501 g/mol. The third-order valence-electron chi connectivity index (χ3n) is 7.73. The Morgan fingerprint density at radius 2 is 1.89 bits per heavy atom. The summed E-state index contributed by atoms with van der Waals surface area (Å²) in [5.41, 5.74) is 2.18. The Balaban J connectivity index is 1.98. The molecule has 1 amide bonds. The van der Waals surface area contributed by atoms with Crippen LogP contribution >= 0.6 is 0 Å². The topological polar surface area (TPSA) is 171 Å². The van der Waals surface area contributed by atoms with E-state index in [9.17, 15) is 34.8 Å². The summed E-state index contributed by atoms with van der Waals surface area (Å²) in [5, 5.41) is 45.6. The molecule has 1 aromatic rings. The van der Waals surface area contributed by atoms with Gasteiger partial charge in [0.2, 0.25) is 5.78 Å². The fraction of sp³-hybridized carbons (Fsp3) is 0.500. The maximum Gasteiger partial charge on any atom is 0.255 e. The molecule has 0 bridgehead atoms. The first-order chi connectivity index (χ1) is 16.9. The Kier molecular flexibility index (Phi) is 6.48. The molecular weight excluding hydrogens is 468 g/mol. The lowest BCUT2D eigenvalue weighted by atomic mass is 9.54. The number of aliphatic hydroxyl groups is 4. The van der Waals surface area contributed by atoms with Gasteiger partial charge in [0.15, 0.2) is 11.4 Å². The summed E-state index contributed by atoms with van der Waals surface area (Å²) >= 11 is 0. The maximum absolute atomic E-state index is 14.0. The van der Waals surface area contributed by atoms with Gasteiger partial charge in [-0.25, -0.2) is 0 Å². The van der Waals surface area contributed by atoms with Crippen LogP contribution in [0.15, 0.2) is 35.1 Å². The Morgan fingerprint density at radius 1 is 1.22 bits per heavy atom. The highest BCUT2D eigenvalue weighted by molar-refractivity contribution is 6.24. The molecule has 1 saturated carbocycles. The van der Waals surface area contributed by atoms with Gasteiger partial charge in [0.25, 0.3) is 5.91 Å². The van der Waals surface area contributed by atoms with E-state index in [0.29, 0.717) is 17.9 Å². The first-order valence-corrected chi connectivity index (χ1v) is 12.0. The number of carbonyl (C=O) groups is 3. The predicted octanol–water partition coefficient (Wildman–Crippen LogP) is 0.969. The van der Waals surface area contributed by atoms with E-state index in [1.54, 1.807) is 25.1 Å². The first-order valence-electron chi connectivity index (χ1n) is 12.0. The number of aliphatic hydroxyl groups excluding tert-OH is 3. The van der Waals surface area contributed by atoms with E-state index in [2.05, 4.69) is 0 Å². The number of ketones is 2. The van der Waals surface area contributed by atoms with E-state index in [1.807, 2.05) is 6.92 Å². The van der Waals surface area contributed by atoms with Crippen LogP contribution in [0.25, 0.3) is 5.76 Å². The van der Waals surface area contributed by atoms with Gasteiger partial charge >= 0.3 is 0 Å². The monoisotopic (exact) mass is 500 g/mol. The minimum atomic E-state index is -2.86. The summed E-state index contributed by atoms with van der Waals surface area (Å²) in [4.78, 5) is 40.6. The number of primary amides is 1. The van der Waals surface area contributed by atoms with E-state index in [4.69, 9.17) is 10.5 Å². The van der Waals surface area contributed by atoms with E-state index in [0.717, 1.165) is 12.8 Å². The molecule has 6 atom stereocenters. The number of ether oxygens (including phenoxy) is 1. The molecule has 0 spiro atoms. The summed E-state index contributed by atoms with van der Waals surface area (Å²) < 4.78 is 5.87. The summed E-state index contributed by atoms with van der Waals surface area (Å²) in [7, 11) is 2.98. The van der Waals surface area contributed by atoms with Crippen molar-refractivity contribution in [2.75, 3.05) is 20.7 Å². The molecule has 0 saturated heterocycles. The second kappa shape index (κ2) is 9.02. The van der Waals surface area contributed by atoms with Crippen LogP contribution in [0.5, 0.6) is 5.75 Å². The smallest absolute Gasteiger partial charge is 0.255 e. The van der Waals surface area contributed by atoms with Crippen molar-refractivity contribution < 1.29 is 39.5 Å². The van der Waals surface area contributed by atoms with Crippen LogP contribution in [0.4, 0.5) is 0 Å². The summed E-state index contributed by atoms with van der Waals surface area (Å²) in [5.74, 6) is -7.71. The minimum absolute atomic E-state index is 0.268. The van der Waals surface area contributed by atoms with Crippen LogP contribution in [0.2, 0.25) is 0 Å². The normalized spacial score (nSPS) is 31.8. The van der Waals surface area contributed by atoms with Gasteiger partial charge in [0, 0.05) is 11.5 Å². The first kappa shape index (κ1) is 25.9. The van der Waals surface area contributed by atoms with E-state index in [-0.39, 0.29) is 11.1 Å². The van der Waals surface area contributed by atoms with Gasteiger partial charge in [-0.15, -0.1) is 0 Å². The van der Waals surface area contributed by atoms with Gasteiger partial charge in [-0.3, -0.25) is 19.3 Å². The maximum atomic E-state index is 14.0. The molecule has 0 unspecified atom stereocenters. The Bertz CT molecular complexity index is 1200. The quantitative estimate of drug-likeness (QED) is 0.282. The number of Topliss-reactive ketones (excluding diaryl/α,β-unsaturated/α-hetero) is 2. The Morgan fingerprint density at radius 3 is 2.47 bits per heavy atom. The van der Waals surface area contributed by atoms with Gasteiger partial charge in [-0.05, 0) is 38.1 Å². The van der Waals surface area contributed by atoms with Crippen LogP contribution in [0.3, 0.4) is 0 Å². The standard InChI is InChI=1S/C26H32N2O8/c1-5-6-10-36-13-9-7-8-12-11(2)14-16(20(29)15(12)13)23(32)26(35)18(21(14)30)19(28(3)4)22(31)17(24(26)33)25(27)34/h7-9,11,14,18-19,21,29-30,33,35H,5-6,10H2,1-4H3,(H2,27,34)/t11-,14+,18+,19-,21-,26-/m0/s1. The molecule has 10 heteroatoms. The molecule has 0 heterocycles. The second-order valence-corrected chi connectivity index (χ2v) is 9.97. The number of benzene rings is 1. The van der Waals surface area contributed by atoms with Crippen molar-refractivity contribution >= 4 is 23.2 Å². The molecule has 0 aliphatic heterocycles. The lowest BCUT2D eigenvalue weighted by Crippen LogP contribution is -2.70. The third kappa shape index (κ3) is 3.39. The Hall–Kier alpha value is -3.21. The van der Waals surface area contributed by atoms with Crippen molar-refractivity contribution in [3.63, 3.8) is 0 Å². The zero-order valence-electron chi connectivity index (χ0n) is 20.7. The number of likely N-dealkylation sites (N-methyl/N-ethyl adjacent to an activating group) is 1. The fourth-order valence-electron chi connectivity index (χ4n) is 6.01. The van der Waals surface area contributed by atoms with Crippen LogP contribution in [0, 0.1) is 11.8 Å². The SMILES string of the molecule is CCCCOc1cccc2c1C(O)=C1C(=O)[C@]3(O)C(O)=C(C(N)=O)C(=O)[C@@H](N(C)C)[C@@H]3[C@@H](O)[C@@H]1[C@H]2C. The van der Waals surface area contributed by atoms with Gasteiger partial charge in [-0.1, -0.05) is 32.4 Å². The van der Waals surface area contributed by atoms with Crippen molar-refractivity contribution in [1.29, 1.82) is 0 Å². The molecule has 1 fully saturated rings. The molecule has 0 aromatic heterocycles. The molecule has 6 N–H and O–H groups in total. The number of rotatable bonds is 6. The van der Waals surface area contributed by atoms with Crippen LogP contribution in [-0.2, 0) is 14.4 Å². The number of amides is 1. The number of hydrogen-bond acceptors (Lipinski definition) is 9. The molecule has 36 heavy (non-hydrogen) atoms. The van der Waals surface area contributed by atoms with Crippen molar-refractivity contribution in [2.24, 2.45) is 17.6 Å². The molecule has 4 rings (SSSR count). The Labute approximate surface area is 208 Å². The molecule has 10 nitrogen and oxygen atoms in total. The van der Waals surface area contributed by atoms with Crippen LogP contribution in [0.1, 0.15) is 43.7 Å². The van der Waals surface area contributed by atoms with Gasteiger partial charge in [0.1, 0.15) is 22.8 Å². The van der Waals surface area contributed by atoms with Crippen LogP contribution < -0.4 is 10.5 Å². The van der Waals surface area contributed by atoms with E-state index in [1.165, 1.54) is 19.0 Å². The van der Waals surface area contributed by atoms with Gasteiger partial charge < -0.3 is 30.9 Å². The predicted molar refractivity (Wildman–Crippen MR) is 129 cm³/mol.